The molecule has 0 bridgehead atoms. The van der Waals surface area contributed by atoms with Gasteiger partial charge in [0.2, 0.25) is 0 Å². The van der Waals surface area contributed by atoms with Crippen LogP contribution in [0.5, 0.6) is 0 Å². The van der Waals surface area contributed by atoms with E-state index < -0.39 is 35.5 Å². The standard InChI is InChI=1S/C27H22FN3O6/c1-3-27(36)17-8-21-24-15(10-31(21)25(34)16(17)12-37-26(27)35)23(20-5-4-6-30(20)22(33)11-32)14-7-13(2)18(28)9-19(14)29-24/h4-9,32,36H,3,10-12H2,1-2H3/t27-/m0/s1. The Morgan fingerprint density at radius 2 is 2.00 bits per heavy atom. The van der Waals surface area contributed by atoms with Crippen molar-refractivity contribution in [2.24, 2.45) is 0 Å². The molecule has 4 aromatic rings. The summed E-state index contributed by atoms with van der Waals surface area (Å²) in [6.45, 7) is 2.38. The number of hydrogen-bond donors (Lipinski definition) is 2. The molecular weight excluding hydrogens is 481 g/mol. The van der Waals surface area contributed by atoms with Crippen LogP contribution in [-0.2, 0) is 28.3 Å². The van der Waals surface area contributed by atoms with Gasteiger partial charge in [-0.25, -0.2) is 14.2 Å². The molecule has 0 unspecified atom stereocenters. The molecule has 0 radical (unpaired) electrons. The van der Waals surface area contributed by atoms with Crippen molar-refractivity contribution < 1.29 is 28.9 Å². The first-order valence-electron chi connectivity index (χ1n) is 11.8. The Bertz CT molecular complexity index is 1740. The Morgan fingerprint density at radius 3 is 2.73 bits per heavy atom. The molecule has 6 rings (SSSR count). The monoisotopic (exact) mass is 503 g/mol. The van der Waals surface area contributed by atoms with E-state index in [1.807, 2.05) is 0 Å². The van der Waals surface area contributed by atoms with Crippen molar-refractivity contribution in [2.75, 3.05) is 6.61 Å². The highest BCUT2D eigenvalue weighted by Gasteiger charge is 2.45. The van der Waals surface area contributed by atoms with Gasteiger partial charge in [0.25, 0.3) is 11.5 Å². The van der Waals surface area contributed by atoms with Gasteiger partial charge in [0, 0.05) is 34.3 Å². The lowest BCUT2D eigenvalue weighted by molar-refractivity contribution is -0.172. The number of halogens is 1. The van der Waals surface area contributed by atoms with Crippen molar-refractivity contribution in [3.63, 3.8) is 0 Å². The van der Waals surface area contributed by atoms with Crippen LogP contribution in [0.1, 0.15) is 40.4 Å². The smallest absolute Gasteiger partial charge is 0.343 e. The second-order valence-corrected chi connectivity index (χ2v) is 9.35. The first kappa shape index (κ1) is 23.3. The Kier molecular flexibility index (Phi) is 4.98. The number of carbonyl (C=O) groups excluding carboxylic acids is 2. The van der Waals surface area contributed by atoms with Crippen LogP contribution in [0.15, 0.2) is 41.3 Å². The number of pyridine rings is 2. The third-order valence-corrected chi connectivity index (χ3v) is 7.38. The van der Waals surface area contributed by atoms with Crippen LogP contribution in [-0.4, -0.2) is 42.8 Å². The van der Waals surface area contributed by atoms with E-state index in [1.54, 1.807) is 38.1 Å². The van der Waals surface area contributed by atoms with E-state index in [1.165, 1.54) is 21.4 Å². The zero-order chi connectivity index (χ0) is 26.2. The molecule has 9 nitrogen and oxygen atoms in total. The zero-order valence-electron chi connectivity index (χ0n) is 20.0. The summed E-state index contributed by atoms with van der Waals surface area (Å²) in [6.07, 6.45) is 1.53. The van der Waals surface area contributed by atoms with Crippen molar-refractivity contribution in [3.05, 3.63) is 75.0 Å². The zero-order valence-corrected chi connectivity index (χ0v) is 20.0. The van der Waals surface area contributed by atoms with Crippen molar-refractivity contribution in [1.29, 1.82) is 0 Å². The number of aliphatic hydroxyl groups is 2. The van der Waals surface area contributed by atoms with Crippen molar-refractivity contribution >= 4 is 22.8 Å². The normalized spacial score (nSPS) is 17.9. The SMILES string of the molecule is CC[C@@]1(O)C(=O)OCc2c1cc1n(c2=O)Cc2c-1nc1cc(F)c(C)cc1c2-c1cccn1C(=O)CO. The fourth-order valence-corrected chi connectivity index (χ4v) is 5.38. The Labute approximate surface area is 209 Å². The number of fused-ring (bicyclic) bond motifs is 5. The van der Waals surface area contributed by atoms with Crippen LogP contribution in [0.2, 0.25) is 0 Å². The number of ether oxygens (including phenoxy) is 1. The second kappa shape index (κ2) is 7.92. The number of esters is 1. The maximum Gasteiger partial charge on any atom is 0.343 e. The van der Waals surface area contributed by atoms with Gasteiger partial charge in [-0.1, -0.05) is 6.92 Å². The van der Waals surface area contributed by atoms with Gasteiger partial charge in [-0.15, -0.1) is 0 Å². The van der Waals surface area contributed by atoms with E-state index in [0.29, 0.717) is 44.7 Å². The number of benzene rings is 1. The summed E-state index contributed by atoms with van der Waals surface area (Å²) in [6, 6.07) is 7.90. The molecule has 188 valence electrons. The van der Waals surface area contributed by atoms with Gasteiger partial charge in [-0.2, -0.15) is 0 Å². The van der Waals surface area contributed by atoms with Crippen LogP contribution in [0.4, 0.5) is 4.39 Å². The minimum Gasteiger partial charge on any atom is -0.458 e. The highest BCUT2D eigenvalue weighted by Crippen LogP contribution is 2.43. The number of rotatable bonds is 3. The molecule has 2 N–H and O–H groups in total. The predicted molar refractivity (Wildman–Crippen MR) is 130 cm³/mol. The number of hydrogen-bond acceptors (Lipinski definition) is 7. The predicted octanol–water partition coefficient (Wildman–Crippen LogP) is 2.63. The number of aryl methyl sites for hydroxylation is 1. The van der Waals surface area contributed by atoms with Crippen LogP contribution in [0, 0.1) is 12.7 Å². The molecule has 0 saturated carbocycles. The maximum absolute atomic E-state index is 14.6. The van der Waals surface area contributed by atoms with Gasteiger partial charge in [0.05, 0.1) is 34.7 Å². The van der Waals surface area contributed by atoms with Crippen LogP contribution >= 0.6 is 0 Å². The lowest BCUT2D eigenvalue weighted by Gasteiger charge is -2.31. The van der Waals surface area contributed by atoms with Crippen molar-refractivity contribution in [2.45, 2.75) is 39.0 Å². The molecule has 37 heavy (non-hydrogen) atoms. The van der Waals surface area contributed by atoms with Gasteiger partial charge in [0.1, 0.15) is 19.0 Å². The largest absolute Gasteiger partial charge is 0.458 e. The highest BCUT2D eigenvalue weighted by atomic mass is 19.1. The number of carbonyl (C=O) groups is 2. The van der Waals surface area contributed by atoms with E-state index in [0.717, 1.165) is 0 Å². The maximum atomic E-state index is 14.6. The minimum absolute atomic E-state index is 0.00621. The van der Waals surface area contributed by atoms with E-state index >= 15 is 0 Å². The summed E-state index contributed by atoms with van der Waals surface area (Å²) < 4.78 is 22.6. The minimum atomic E-state index is -1.98. The molecule has 0 saturated heterocycles. The highest BCUT2D eigenvalue weighted by molar-refractivity contribution is 6.01. The third-order valence-electron chi connectivity index (χ3n) is 7.38. The Hall–Kier alpha value is -4.15. The summed E-state index contributed by atoms with van der Waals surface area (Å²) in [7, 11) is 0. The summed E-state index contributed by atoms with van der Waals surface area (Å²) in [5.74, 6) is -1.84. The molecule has 0 fully saturated rings. The summed E-state index contributed by atoms with van der Waals surface area (Å²) in [5, 5.41) is 21.2. The molecule has 0 amide bonds. The fourth-order valence-electron chi connectivity index (χ4n) is 5.38. The molecule has 0 spiro atoms. The first-order valence-corrected chi connectivity index (χ1v) is 11.8. The molecule has 3 aromatic heterocycles. The molecule has 1 atom stereocenters. The average molecular weight is 503 g/mol. The van der Waals surface area contributed by atoms with Crippen molar-refractivity contribution in [3.8, 4) is 22.6 Å². The van der Waals surface area contributed by atoms with Crippen molar-refractivity contribution in [1.82, 2.24) is 14.1 Å². The van der Waals surface area contributed by atoms with Crippen LogP contribution < -0.4 is 5.56 Å². The van der Waals surface area contributed by atoms with E-state index in [-0.39, 0.29) is 30.7 Å². The molecule has 2 aliphatic rings. The van der Waals surface area contributed by atoms with Gasteiger partial charge >= 0.3 is 5.97 Å². The summed E-state index contributed by atoms with van der Waals surface area (Å²) in [5.41, 5.74) is 1.06. The van der Waals surface area contributed by atoms with E-state index in [2.05, 4.69) is 0 Å². The quantitative estimate of drug-likeness (QED) is 0.363. The number of aliphatic hydroxyl groups excluding tert-OH is 1. The fraction of sp³-hybridized carbons (Fsp3) is 0.259. The lowest BCUT2D eigenvalue weighted by Crippen LogP contribution is -2.44. The van der Waals surface area contributed by atoms with Gasteiger partial charge in [0.15, 0.2) is 5.60 Å². The van der Waals surface area contributed by atoms with E-state index in [9.17, 15) is 29.0 Å². The second-order valence-electron chi connectivity index (χ2n) is 9.35. The van der Waals surface area contributed by atoms with Gasteiger partial charge in [-0.05, 0) is 43.2 Å². The van der Waals surface area contributed by atoms with Gasteiger partial charge < -0.3 is 19.5 Å². The molecule has 0 aliphatic carbocycles. The molecule has 10 heteroatoms. The summed E-state index contributed by atoms with van der Waals surface area (Å²) in [4.78, 5) is 43.3. The van der Waals surface area contributed by atoms with Crippen LogP contribution in [0.3, 0.4) is 0 Å². The Balaban J connectivity index is 1.71. The molecular formula is C27H22FN3O6. The number of nitrogens with zero attached hydrogens (tertiary/aromatic N) is 3. The lowest BCUT2D eigenvalue weighted by atomic mass is 9.86. The number of aromatic nitrogens is 3. The molecule has 1 aromatic carbocycles. The summed E-state index contributed by atoms with van der Waals surface area (Å²) >= 11 is 0. The Morgan fingerprint density at radius 1 is 1.22 bits per heavy atom. The first-order chi connectivity index (χ1) is 17.7. The van der Waals surface area contributed by atoms with Gasteiger partial charge in [-0.3, -0.25) is 14.2 Å². The molecule has 5 heterocycles. The third kappa shape index (κ3) is 3.09. The number of cyclic esters (lactones) is 1. The average Bonchev–Trinajstić information content (AvgIpc) is 3.51. The topological polar surface area (TPSA) is 124 Å². The van der Waals surface area contributed by atoms with E-state index in [4.69, 9.17) is 9.72 Å². The van der Waals surface area contributed by atoms with Crippen LogP contribution in [0.25, 0.3) is 33.5 Å². The molecule has 2 aliphatic heterocycles.